The molecule has 0 saturated carbocycles. The summed E-state index contributed by atoms with van der Waals surface area (Å²) in [7, 11) is 0. The summed E-state index contributed by atoms with van der Waals surface area (Å²) in [5.41, 5.74) is 9.89. The zero-order valence-electron chi connectivity index (χ0n) is 16.2. The zero-order chi connectivity index (χ0) is 20.2. The van der Waals surface area contributed by atoms with E-state index in [0.29, 0.717) is 34.3 Å². The Morgan fingerprint density at radius 3 is 2.52 bits per heavy atom. The molecule has 3 N–H and O–H groups in total. The van der Waals surface area contributed by atoms with Gasteiger partial charge in [-0.25, -0.2) is 9.97 Å². The minimum atomic E-state index is -0.265. The smallest absolute Gasteiger partial charge is 0.257 e. The molecule has 0 aliphatic heterocycles. The van der Waals surface area contributed by atoms with Crippen LogP contribution >= 0.6 is 0 Å². The van der Waals surface area contributed by atoms with Crippen LogP contribution in [-0.4, -0.2) is 33.3 Å². The first-order chi connectivity index (χ1) is 14.2. The summed E-state index contributed by atoms with van der Waals surface area (Å²) in [6.45, 7) is 2.65. The highest BCUT2D eigenvalue weighted by Crippen LogP contribution is 2.27. The maximum atomic E-state index is 12.9. The van der Waals surface area contributed by atoms with Crippen LogP contribution in [0.25, 0.3) is 22.2 Å². The Hall–Kier alpha value is -3.74. The molecule has 2 aromatic heterocycles. The fourth-order valence-corrected chi connectivity index (χ4v) is 3.12. The van der Waals surface area contributed by atoms with Crippen molar-refractivity contribution in [3.63, 3.8) is 0 Å². The van der Waals surface area contributed by atoms with Gasteiger partial charge in [0.05, 0.1) is 17.2 Å². The molecule has 0 aliphatic carbocycles. The fourth-order valence-electron chi connectivity index (χ4n) is 3.12. The molecule has 0 atom stereocenters. The van der Waals surface area contributed by atoms with Crippen molar-refractivity contribution in [2.24, 2.45) is 5.10 Å². The molecule has 7 nitrogen and oxygen atoms in total. The molecule has 0 saturated heterocycles. The number of nitrogens with zero attached hydrogens (tertiary/aromatic N) is 4. The Balaban J connectivity index is 1.87. The van der Waals surface area contributed by atoms with Crippen molar-refractivity contribution in [1.29, 1.82) is 0 Å². The van der Waals surface area contributed by atoms with Crippen molar-refractivity contribution in [3.8, 4) is 0 Å². The number of hydrogen-bond donors (Lipinski definition) is 2. The summed E-state index contributed by atoms with van der Waals surface area (Å²) in [5.74, 6) is -0.0457. The highest BCUT2D eigenvalue weighted by molar-refractivity contribution is 6.10. The number of nitrogens with two attached hydrogens (primary N) is 1. The van der Waals surface area contributed by atoms with Gasteiger partial charge in [-0.15, -0.1) is 0 Å². The number of carbonyl (C=O) groups is 1. The summed E-state index contributed by atoms with van der Waals surface area (Å²) in [6, 6.07) is 17.2. The monoisotopic (exact) mass is 386 g/mol. The topological polar surface area (TPSA) is 98.2 Å². The molecular formula is C22H22N6O. The van der Waals surface area contributed by atoms with E-state index in [1.54, 1.807) is 6.21 Å². The Labute approximate surface area is 168 Å². The second-order valence-electron chi connectivity index (χ2n) is 6.72. The van der Waals surface area contributed by atoms with Gasteiger partial charge < -0.3 is 11.1 Å². The summed E-state index contributed by atoms with van der Waals surface area (Å²) in [6.07, 6.45) is 3.57. The highest BCUT2D eigenvalue weighted by Gasteiger charge is 2.23. The number of para-hydroxylation sites is 2. The molecule has 29 heavy (non-hydrogen) atoms. The average molecular weight is 386 g/mol. The van der Waals surface area contributed by atoms with Crippen molar-refractivity contribution in [2.45, 2.75) is 19.8 Å². The van der Waals surface area contributed by atoms with Crippen LogP contribution in [0.1, 0.15) is 35.7 Å². The second-order valence-corrected chi connectivity index (χ2v) is 6.72. The van der Waals surface area contributed by atoms with E-state index in [-0.39, 0.29) is 11.7 Å². The van der Waals surface area contributed by atoms with E-state index >= 15 is 0 Å². The molecule has 0 bridgehead atoms. The van der Waals surface area contributed by atoms with Gasteiger partial charge in [-0.1, -0.05) is 55.8 Å². The lowest BCUT2D eigenvalue weighted by Gasteiger charge is -2.04. The first kappa shape index (κ1) is 18.6. The number of aromatic nitrogens is 3. The number of benzene rings is 2. The molecule has 0 unspecified atom stereocenters. The summed E-state index contributed by atoms with van der Waals surface area (Å²) < 4.78 is 1.48. The molecule has 4 rings (SSSR count). The summed E-state index contributed by atoms with van der Waals surface area (Å²) in [4.78, 5) is 22.2. The van der Waals surface area contributed by atoms with E-state index < -0.39 is 0 Å². The Morgan fingerprint density at radius 1 is 1.10 bits per heavy atom. The van der Waals surface area contributed by atoms with E-state index in [1.807, 2.05) is 54.6 Å². The molecule has 4 aromatic rings. The molecule has 0 radical (unpaired) electrons. The van der Waals surface area contributed by atoms with Crippen LogP contribution in [0.15, 0.2) is 59.7 Å². The average Bonchev–Trinajstić information content (AvgIpc) is 3.01. The van der Waals surface area contributed by atoms with Crippen LogP contribution in [0.2, 0.25) is 0 Å². The quantitative estimate of drug-likeness (QED) is 0.391. The van der Waals surface area contributed by atoms with Gasteiger partial charge in [-0.2, -0.15) is 9.78 Å². The van der Waals surface area contributed by atoms with Crippen LogP contribution in [0, 0.1) is 0 Å². The number of nitrogens with one attached hydrogen (secondary N) is 1. The fraction of sp³-hybridized carbons (Fsp3) is 0.182. The van der Waals surface area contributed by atoms with Crippen LogP contribution in [-0.2, 0) is 0 Å². The maximum absolute atomic E-state index is 12.9. The van der Waals surface area contributed by atoms with E-state index in [0.717, 1.165) is 18.4 Å². The van der Waals surface area contributed by atoms with E-state index in [4.69, 9.17) is 5.73 Å². The van der Waals surface area contributed by atoms with Crippen LogP contribution in [0.3, 0.4) is 0 Å². The standard InChI is InChI=1S/C22H22N6O/c1-2-3-13-24-22(29)18-19-21(27-17-12-8-7-11-16(17)26-19)28(20(18)23)25-14-15-9-5-4-6-10-15/h4-12,14H,2-3,13,23H2,1H3,(H,24,29)/b25-14+. The molecule has 7 heteroatoms. The van der Waals surface area contributed by atoms with Crippen molar-refractivity contribution in [3.05, 3.63) is 65.7 Å². The largest absolute Gasteiger partial charge is 0.383 e. The Bertz CT molecular complexity index is 1200. The number of amides is 1. The molecule has 2 aromatic carbocycles. The molecular weight excluding hydrogens is 364 g/mol. The van der Waals surface area contributed by atoms with E-state index in [1.165, 1.54) is 4.68 Å². The lowest BCUT2D eigenvalue weighted by Crippen LogP contribution is -2.25. The SMILES string of the molecule is CCCCNC(=O)c1c(N)n(/N=C/c2ccccc2)c2nc3ccccc3nc12. The summed E-state index contributed by atoms with van der Waals surface area (Å²) in [5, 5.41) is 7.41. The third-order valence-corrected chi connectivity index (χ3v) is 4.64. The Morgan fingerprint density at radius 2 is 1.79 bits per heavy atom. The van der Waals surface area contributed by atoms with Gasteiger partial charge in [0.25, 0.3) is 5.91 Å². The number of carbonyl (C=O) groups excluding carboxylic acids is 1. The first-order valence-electron chi connectivity index (χ1n) is 9.63. The third kappa shape index (κ3) is 3.67. The summed E-state index contributed by atoms with van der Waals surface area (Å²) >= 11 is 0. The third-order valence-electron chi connectivity index (χ3n) is 4.64. The number of rotatable bonds is 6. The lowest BCUT2D eigenvalue weighted by atomic mass is 10.2. The Kier molecular flexibility index (Phi) is 5.20. The molecule has 0 fully saturated rings. The number of fused-ring (bicyclic) bond motifs is 2. The van der Waals surface area contributed by atoms with E-state index in [9.17, 15) is 4.79 Å². The van der Waals surface area contributed by atoms with Gasteiger partial charge in [0.1, 0.15) is 16.9 Å². The van der Waals surface area contributed by atoms with Gasteiger partial charge in [0.15, 0.2) is 5.65 Å². The van der Waals surface area contributed by atoms with Crippen molar-refractivity contribution in [2.75, 3.05) is 12.3 Å². The number of anilines is 1. The van der Waals surface area contributed by atoms with Crippen molar-refractivity contribution < 1.29 is 4.79 Å². The lowest BCUT2D eigenvalue weighted by molar-refractivity contribution is 0.0955. The number of nitrogen functional groups attached to an aromatic ring is 1. The highest BCUT2D eigenvalue weighted by atomic mass is 16.1. The van der Waals surface area contributed by atoms with Gasteiger partial charge in [0.2, 0.25) is 0 Å². The zero-order valence-corrected chi connectivity index (χ0v) is 16.2. The van der Waals surface area contributed by atoms with Crippen LogP contribution in [0.4, 0.5) is 5.82 Å². The van der Waals surface area contributed by atoms with Gasteiger partial charge in [-0.05, 0) is 24.1 Å². The predicted octanol–water partition coefficient (Wildman–Crippen LogP) is 3.58. The van der Waals surface area contributed by atoms with Crippen LogP contribution < -0.4 is 11.1 Å². The molecule has 146 valence electrons. The maximum Gasteiger partial charge on any atom is 0.257 e. The van der Waals surface area contributed by atoms with Crippen molar-refractivity contribution in [1.82, 2.24) is 20.0 Å². The minimum Gasteiger partial charge on any atom is -0.383 e. The van der Waals surface area contributed by atoms with Gasteiger partial charge in [0, 0.05) is 6.54 Å². The van der Waals surface area contributed by atoms with Crippen molar-refractivity contribution >= 4 is 40.1 Å². The minimum absolute atomic E-state index is 0.219. The molecule has 1 amide bonds. The first-order valence-corrected chi connectivity index (χ1v) is 9.63. The van der Waals surface area contributed by atoms with Crippen LogP contribution in [0.5, 0.6) is 0 Å². The molecule has 0 aliphatic rings. The number of unbranched alkanes of at least 4 members (excludes halogenated alkanes) is 1. The predicted molar refractivity (Wildman–Crippen MR) is 116 cm³/mol. The van der Waals surface area contributed by atoms with Gasteiger partial charge >= 0.3 is 0 Å². The van der Waals surface area contributed by atoms with Gasteiger partial charge in [-0.3, -0.25) is 4.79 Å². The number of hydrogen-bond acceptors (Lipinski definition) is 5. The molecule has 0 spiro atoms. The van der Waals surface area contributed by atoms with E-state index in [2.05, 4.69) is 27.3 Å². The molecule has 2 heterocycles. The second kappa shape index (κ2) is 8.10. The normalized spacial score (nSPS) is 11.5.